The van der Waals surface area contributed by atoms with Crippen molar-refractivity contribution >= 4 is 26.8 Å². The van der Waals surface area contributed by atoms with E-state index >= 15 is 0 Å². The molecule has 0 aliphatic heterocycles. The molecule has 0 unspecified atom stereocenters. The van der Waals surface area contributed by atoms with Gasteiger partial charge >= 0.3 is 0 Å². The number of hydrogen-bond acceptors (Lipinski definition) is 1. The SMILES string of the molecule is Cc1cccc2c1ccn2CCOc1ccc(Br)cc1. The van der Waals surface area contributed by atoms with Crippen molar-refractivity contribution in [1.29, 1.82) is 0 Å². The zero-order valence-corrected chi connectivity index (χ0v) is 12.9. The third-order valence-corrected chi connectivity index (χ3v) is 3.97. The first kappa shape index (κ1) is 13.3. The van der Waals surface area contributed by atoms with E-state index in [1.165, 1.54) is 16.5 Å². The summed E-state index contributed by atoms with van der Waals surface area (Å²) in [6, 6.07) is 16.5. The lowest BCUT2D eigenvalue weighted by Crippen LogP contribution is -2.07. The fourth-order valence-corrected chi connectivity index (χ4v) is 2.63. The Labute approximate surface area is 127 Å². The van der Waals surface area contributed by atoms with Crippen molar-refractivity contribution in [3.8, 4) is 5.75 Å². The number of hydrogen-bond donors (Lipinski definition) is 0. The van der Waals surface area contributed by atoms with Gasteiger partial charge in [0.2, 0.25) is 0 Å². The number of nitrogens with zero attached hydrogens (tertiary/aromatic N) is 1. The molecule has 3 heteroatoms. The molecule has 2 nitrogen and oxygen atoms in total. The number of aromatic nitrogens is 1. The number of ether oxygens (including phenoxy) is 1. The van der Waals surface area contributed by atoms with Crippen molar-refractivity contribution in [2.45, 2.75) is 13.5 Å². The van der Waals surface area contributed by atoms with Crippen molar-refractivity contribution < 1.29 is 4.74 Å². The number of aryl methyl sites for hydroxylation is 1. The highest BCUT2D eigenvalue weighted by Crippen LogP contribution is 2.20. The van der Waals surface area contributed by atoms with Gasteiger partial charge in [0.05, 0.1) is 6.54 Å². The van der Waals surface area contributed by atoms with Crippen LogP contribution in [0.3, 0.4) is 0 Å². The van der Waals surface area contributed by atoms with E-state index in [0.29, 0.717) is 6.61 Å². The molecule has 1 heterocycles. The Morgan fingerprint density at radius 3 is 2.65 bits per heavy atom. The predicted octanol–water partition coefficient (Wildman–Crippen LogP) is 4.79. The molecule has 1 aromatic heterocycles. The summed E-state index contributed by atoms with van der Waals surface area (Å²) < 4.78 is 9.08. The summed E-state index contributed by atoms with van der Waals surface area (Å²) in [6.45, 7) is 3.66. The maximum absolute atomic E-state index is 5.77. The lowest BCUT2D eigenvalue weighted by Gasteiger charge is -2.08. The molecule has 0 N–H and O–H groups in total. The van der Waals surface area contributed by atoms with Gasteiger partial charge in [0.25, 0.3) is 0 Å². The van der Waals surface area contributed by atoms with Gasteiger partial charge in [0.1, 0.15) is 12.4 Å². The summed E-state index contributed by atoms with van der Waals surface area (Å²) in [6.07, 6.45) is 2.13. The molecule has 3 rings (SSSR count). The van der Waals surface area contributed by atoms with Gasteiger partial charge < -0.3 is 9.30 Å². The van der Waals surface area contributed by atoms with Crippen LogP contribution in [-0.4, -0.2) is 11.2 Å². The standard InChI is InChI=1S/C17H16BrNO/c1-13-3-2-4-17-16(13)9-10-19(17)11-12-20-15-7-5-14(18)6-8-15/h2-10H,11-12H2,1H3. The van der Waals surface area contributed by atoms with Crippen LogP contribution in [0, 0.1) is 6.92 Å². The van der Waals surface area contributed by atoms with Crippen LogP contribution in [0.1, 0.15) is 5.56 Å². The van der Waals surface area contributed by atoms with Gasteiger partial charge in [0.15, 0.2) is 0 Å². The third kappa shape index (κ3) is 2.73. The Morgan fingerprint density at radius 1 is 1.05 bits per heavy atom. The number of halogens is 1. The summed E-state index contributed by atoms with van der Waals surface area (Å²) in [7, 11) is 0. The van der Waals surface area contributed by atoms with Crippen LogP contribution < -0.4 is 4.74 Å². The molecular weight excluding hydrogens is 314 g/mol. The quantitative estimate of drug-likeness (QED) is 0.671. The van der Waals surface area contributed by atoms with Crippen molar-refractivity contribution in [3.63, 3.8) is 0 Å². The van der Waals surface area contributed by atoms with E-state index in [-0.39, 0.29) is 0 Å². The lowest BCUT2D eigenvalue weighted by atomic mass is 10.1. The summed E-state index contributed by atoms with van der Waals surface area (Å²) in [5, 5.41) is 1.32. The summed E-state index contributed by atoms with van der Waals surface area (Å²) in [5.41, 5.74) is 2.58. The van der Waals surface area contributed by atoms with Crippen molar-refractivity contribution in [1.82, 2.24) is 4.57 Å². The van der Waals surface area contributed by atoms with Gasteiger partial charge in [-0.2, -0.15) is 0 Å². The summed E-state index contributed by atoms with van der Waals surface area (Å²) in [5.74, 6) is 0.904. The molecule has 0 aliphatic carbocycles. The Morgan fingerprint density at radius 2 is 1.85 bits per heavy atom. The fourth-order valence-electron chi connectivity index (χ4n) is 2.36. The zero-order chi connectivity index (χ0) is 13.9. The number of benzene rings is 2. The topological polar surface area (TPSA) is 14.2 Å². The minimum Gasteiger partial charge on any atom is -0.492 e. The first-order chi connectivity index (χ1) is 9.74. The van der Waals surface area contributed by atoms with E-state index in [0.717, 1.165) is 16.8 Å². The first-order valence-electron chi connectivity index (χ1n) is 6.67. The molecular formula is C17H16BrNO. The molecule has 0 saturated carbocycles. The van der Waals surface area contributed by atoms with E-state index in [9.17, 15) is 0 Å². The first-order valence-corrected chi connectivity index (χ1v) is 7.46. The van der Waals surface area contributed by atoms with Gasteiger partial charge in [-0.25, -0.2) is 0 Å². The normalized spacial score (nSPS) is 10.9. The van der Waals surface area contributed by atoms with Crippen LogP contribution in [0.25, 0.3) is 10.9 Å². The fraction of sp³-hybridized carbons (Fsp3) is 0.176. The van der Waals surface area contributed by atoms with Gasteiger partial charge in [-0.05, 0) is 48.9 Å². The summed E-state index contributed by atoms with van der Waals surface area (Å²) >= 11 is 3.42. The van der Waals surface area contributed by atoms with Gasteiger partial charge in [0, 0.05) is 21.6 Å². The minimum atomic E-state index is 0.666. The molecule has 20 heavy (non-hydrogen) atoms. The van der Waals surface area contributed by atoms with Gasteiger partial charge in [-0.3, -0.25) is 0 Å². The lowest BCUT2D eigenvalue weighted by molar-refractivity contribution is 0.300. The highest BCUT2D eigenvalue weighted by molar-refractivity contribution is 9.10. The molecule has 0 aliphatic rings. The molecule has 0 bridgehead atoms. The molecule has 102 valence electrons. The average Bonchev–Trinajstić information content (AvgIpc) is 2.86. The monoisotopic (exact) mass is 329 g/mol. The predicted molar refractivity (Wildman–Crippen MR) is 86.3 cm³/mol. The highest BCUT2D eigenvalue weighted by Gasteiger charge is 2.02. The number of fused-ring (bicyclic) bond motifs is 1. The van der Waals surface area contributed by atoms with Crippen molar-refractivity contribution in [2.24, 2.45) is 0 Å². The molecule has 2 aromatic carbocycles. The number of rotatable bonds is 4. The van der Waals surface area contributed by atoms with E-state index in [1.807, 2.05) is 24.3 Å². The van der Waals surface area contributed by atoms with Crippen LogP contribution in [-0.2, 0) is 6.54 Å². The molecule has 0 saturated heterocycles. The third-order valence-electron chi connectivity index (χ3n) is 3.45. The Kier molecular flexibility index (Phi) is 3.79. The van der Waals surface area contributed by atoms with Crippen LogP contribution in [0.15, 0.2) is 59.2 Å². The van der Waals surface area contributed by atoms with E-state index in [1.54, 1.807) is 0 Å². The van der Waals surface area contributed by atoms with Crippen LogP contribution in [0.5, 0.6) is 5.75 Å². The smallest absolute Gasteiger partial charge is 0.119 e. The maximum Gasteiger partial charge on any atom is 0.119 e. The van der Waals surface area contributed by atoms with Crippen LogP contribution in [0.4, 0.5) is 0 Å². The molecule has 0 radical (unpaired) electrons. The second-order valence-corrected chi connectivity index (χ2v) is 5.73. The van der Waals surface area contributed by atoms with Crippen molar-refractivity contribution in [2.75, 3.05) is 6.61 Å². The van der Waals surface area contributed by atoms with E-state index in [2.05, 4.69) is 57.9 Å². The molecule has 0 amide bonds. The Bertz CT molecular complexity index is 715. The second-order valence-electron chi connectivity index (χ2n) is 4.82. The second kappa shape index (κ2) is 5.71. The highest BCUT2D eigenvalue weighted by atomic mass is 79.9. The zero-order valence-electron chi connectivity index (χ0n) is 11.3. The molecule has 0 spiro atoms. The van der Waals surface area contributed by atoms with Gasteiger partial charge in [-0.1, -0.05) is 28.1 Å². The van der Waals surface area contributed by atoms with Gasteiger partial charge in [-0.15, -0.1) is 0 Å². The minimum absolute atomic E-state index is 0.666. The van der Waals surface area contributed by atoms with Crippen molar-refractivity contribution in [3.05, 3.63) is 64.8 Å². The molecule has 3 aromatic rings. The van der Waals surface area contributed by atoms with Crippen LogP contribution >= 0.6 is 15.9 Å². The largest absolute Gasteiger partial charge is 0.492 e. The average molecular weight is 330 g/mol. The summed E-state index contributed by atoms with van der Waals surface area (Å²) in [4.78, 5) is 0. The Balaban J connectivity index is 1.68. The van der Waals surface area contributed by atoms with E-state index < -0.39 is 0 Å². The molecule has 0 fully saturated rings. The van der Waals surface area contributed by atoms with Crippen LogP contribution in [0.2, 0.25) is 0 Å². The Hall–Kier alpha value is -1.74. The maximum atomic E-state index is 5.77. The van der Waals surface area contributed by atoms with E-state index in [4.69, 9.17) is 4.74 Å². The molecule has 0 atom stereocenters.